The van der Waals surface area contributed by atoms with Gasteiger partial charge in [-0.1, -0.05) is 23.2 Å². The largest absolute Gasteiger partial charge is 0.492 e. The van der Waals surface area contributed by atoms with Crippen LogP contribution in [0.1, 0.15) is 19.4 Å². The van der Waals surface area contributed by atoms with E-state index in [2.05, 4.69) is 5.32 Å². The van der Waals surface area contributed by atoms with Crippen LogP contribution >= 0.6 is 35.6 Å². The Labute approximate surface area is 124 Å². The Bertz CT molecular complexity index is 373. The number of aliphatic hydroxyl groups is 1. The zero-order valence-corrected chi connectivity index (χ0v) is 12.7. The zero-order chi connectivity index (χ0) is 12.8. The SMILES string of the molecule is CCOc1c(Cl)cc(Cl)cc1CNCC(C)O.Cl. The van der Waals surface area contributed by atoms with Crippen molar-refractivity contribution in [1.29, 1.82) is 0 Å². The first kappa shape index (κ1) is 17.8. The van der Waals surface area contributed by atoms with E-state index < -0.39 is 0 Å². The molecule has 0 radical (unpaired) electrons. The van der Waals surface area contributed by atoms with Gasteiger partial charge in [0.15, 0.2) is 0 Å². The molecule has 0 aliphatic rings. The van der Waals surface area contributed by atoms with Crippen molar-refractivity contribution in [2.24, 2.45) is 0 Å². The summed E-state index contributed by atoms with van der Waals surface area (Å²) in [7, 11) is 0. The molecule has 0 heterocycles. The van der Waals surface area contributed by atoms with Crippen LogP contribution in [0.15, 0.2) is 12.1 Å². The summed E-state index contributed by atoms with van der Waals surface area (Å²) >= 11 is 12.0. The molecule has 6 heteroatoms. The third-order valence-corrected chi connectivity index (χ3v) is 2.63. The Kier molecular flexibility index (Phi) is 8.74. The first-order valence-corrected chi connectivity index (χ1v) is 6.29. The molecule has 1 unspecified atom stereocenters. The third kappa shape index (κ3) is 5.63. The van der Waals surface area contributed by atoms with Crippen LogP contribution in [0.5, 0.6) is 5.75 Å². The molecule has 3 nitrogen and oxygen atoms in total. The maximum Gasteiger partial charge on any atom is 0.142 e. The number of hydrogen-bond donors (Lipinski definition) is 2. The van der Waals surface area contributed by atoms with Gasteiger partial charge in [-0.25, -0.2) is 0 Å². The molecule has 0 saturated heterocycles. The van der Waals surface area contributed by atoms with Crippen LogP contribution < -0.4 is 10.1 Å². The molecular formula is C12H18Cl3NO2. The minimum absolute atomic E-state index is 0. The van der Waals surface area contributed by atoms with E-state index in [1.807, 2.05) is 13.0 Å². The zero-order valence-electron chi connectivity index (χ0n) is 10.4. The molecule has 0 bridgehead atoms. The van der Waals surface area contributed by atoms with E-state index in [1.54, 1.807) is 13.0 Å². The summed E-state index contributed by atoms with van der Waals surface area (Å²) in [4.78, 5) is 0. The topological polar surface area (TPSA) is 41.5 Å². The lowest BCUT2D eigenvalue weighted by atomic mass is 10.2. The first-order chi connectivity index (χ1) is 8.04. The summed E-state index contributed by atoms with van der Waals surface area (Å²) < 4.78 is 5.49. The summed E-state index contributed by atoms with van der Waals surface area (Å²) in [6.07, 6.45) is -0.389. The number of nitrogens with one attached hydrogen (secondary N) is 1. The second-order valence-electron chi connectivity index (χ2n) is 3.79. The van der Waals surface area contributed by atoms with Crippen molar-refractivity contribution in [2.75, 3.05) is 13.2 Å². The molecule has 1 rings (SSSR count). The highest BCUT2D eigenvalue weighted by Crippen LogP contribution is 2.32. The maximum absolute atomic E-state index is 9.17. The van der Waals surface area contributed by atoms with E-state index in [4.69, 9.17) is 33.0 Å². The number of benzene rings is 1. The van der Waals surface area contributed by atoms with Gasteiger partial charge in [0.25, 0.3) is 0 Å². The lowest BCUT2D eigenvalue weighted by Crippen LogP contribution is -2.24. The predicted octanol–water partition coefficient (Wildman–Crippen LogP) is 3.28. The molecule has 2 N–H and O–H groups in total. The van der Waals surface area contributed by atoms with Crippen LogP contribution in [0.25, 0.3) is 0 Å². The van der Waals surface area contributed by atoms with Crippen LogP contribution in [-0.2, 0) is 6.54 Å². The van der Waals surface area contributed by atoms with Crippen molar-refractivity contribution in [3.05, 3.63) is 27.7 Å². The third-order valence-electron chi connectivity index (χ3n) is 2.13. The summed E-state index contributed by atoms with van der Waals surface area (Å²) in [6.45, 7) is 5.24. The Morgan fingerprint density at radius 3 is 2.61 bits per heavy atom. The van der Waals surface area contributed by atoms with E-state index >= 15 is 0 Å². The molecule has 1 aromatic carbocycles. The molecule has 0 saturated carbocycles. The monoisotopic (exact) mass is 313 g/mol. The molecular weight excluding hydrogens is 296 g/mol. The second kappa shape index (κ2) is 8.83. The van der Waals surface area contributed by atoms with E-state index in [9.17, 15) is 0 Å². The molecule has 0 fully saturated rings. The normalized spacial score (nSPS) is 11.8. The molecule has 1 atom stereocenters. The summed E-state index contributed by atoms with van der Waals surface area (Å²) in [5.74, 6) is 0.650. The number of ether oxygens (including phenoxy) is 1. The van der Waals surface area contributed by atoms with E-state index in [0.29, 0.717) is 35.5 Å². The predicted molar refractivity (Wildman–Crippen MR) is 78.3 cm³/mol. The Hall–Kier alpha value is -0.190. The van der Waals surface area contributed by atoms with Crippen molar-refractivity contribution in [2.45, 2.75) is 26.5 Å². The fourth-order valence-electron chi connectivity index (χ4n) is 1.47. The average molecular weight is 315 g/mol. The van der Waals surface area contributed by atoms with Crippen LogP contribution in [0.3, 0.4) is 0 Å². The van der Waals surface area contributed by atoms with Gasteiger partial charge in [-0.2, -0.15) is 0 Å². The van der Waals surface area contributed by atoms with Gasteiger partial charge in [-0.05, 0) is 26.0 Å². The van der Waals surface area contributed by atoms with Crippen molar-refractivity contribution >= 4 is 35.6 Å². The fraction of sp³-hybridized carbons (Fsp3) is 0.500. The van der Waals surface area contributed by atoms with Gasteiger partial charge in [-0.15, -0.1) is 12.4 Å². The lowest BCUT2D eigenvalue weighted by Gasteiger charge is -2.14. The molecule has 0 aliphatic heterocycles. The van der Waals surface area contributed by atoms with Crippen molar-refractivity contribution < 1.29 is 9.84 Å². The summed E-state index contributed by atoms with van der Waals surface area (Å²) in [6, 6.07) is 3.47. The molecule has 0 amide bonds. The second-order valence-corrected chi connectivity index (χ2v) is 4.63. The first-order valence-electron chi connectivity index (χ1n) is 5.54. The number of aliphatic hydroxyl groups excluding tert-OH is 1. The highest BCUT2D eigenvalue weighted by molar-refractivity contribution is 6.35. The molecule has 0 aliphatic carbocycles. The van der Waals surface area contributed by atoms with Crippen molar-refractivity contribution in [1.82, 2.24) is 5.32 Å². The Balaban J connectivity index is 0.00000289. The highest BCUT2D eigenvalue weighted by atomic mass is 35.5. The standard InChI is InChI=1S/C12H17Cl2NO2.ClH/c1-3-17-12-9(7-15-6-8(2)16)4-10(13)5-11(12)14;/h4-5,8,15-16H,3,6-7H2,1-2H3;1H. The number of hydrogen-bond acceptors (Lipinski definition) is 3. The van der Waals surface area contributed by atoms with Crippen molar-refractivity contribution in [3.63, 3.8) is 0 Å². The van der Waals surface area contributed by atoms with Gasteiger partial charge >= 0.3 is 0 Å². The van der Waals surface area contributed by atoms with Gasteiger partial charge in [-0.3, -0.25) is 0 Å². The average Bonchev–Trinajstić information content (AvgIpc) is 2.22. The quantitative estimate of drug-likeness (QED) is 0.846. The number of halogens is 3. The molecule has 104 valence electrons. The van der Waals surface area contributed by atoms with Gasteiger partial charge in [0.1, 0.15) is 5.75 Å². The van der Waals surface area contributed by atoms with E-state index in [1.165, 1.54) is 0 Å². The lowest BCUT2D eigenvalue weighted by molar-refractivity contribution is 0.190. The van der Waals surface area contributed by atoms with Crippen LogP contribution in [-0.4, -0.2) is 24.4 Å². The van der Waals surface area contributed by atoms with Crippen LogP contribution in [0, 0.1) is 0 Å². The van der Waals surface area contributed by atoms with E-state index in [0.717, 1.165) is 5.56 Å². The Morgan fingerprint density at radius 1 is 1.39 bits per heavy atom. The summed E-state index contributed by atoms with van der Waals surface area (Å²) in [5.41, 5.74) is 0.894. The minimum Gasteiger partial charge on any atom is -0.492 e. The van der Waals surface area contributed by atoms with Crippen molar-refractivity contribution in [3.8, 4) is 5.75 Å². The molecule has 18 heavy (non-hydrogen) atoms. The van der Waals surface area contributed by atoms with E-state index in [-0.39, 0.29) is 18.5 Å². The smallest absolute Gasteiger partial charge is 0.142 e. The highest BCUT2D eigenvalue weighted by Gasteiger charge is 2.10. The van der Waals surface area contributed by atoms with Gasteiger partial charge < -0.3 is 15.2 Å². The fourth-order valence-corrected chi connectivity index (χ4v) is 2.06. The van der Waals surface area contributed by atoms with Gasteiger partial charge in [0, 0.05) is 23.7 Å². The maximum atomic E-state index is 9.17. The number of rotatable bonds is 6. The van der Waals surface area contributed by atoms with Gasteiger partial charge in [0.2, 0.25) is 0 Å². The van der Waals surface area contributed by atoms with Crippen LogP contribution in [0.4, 0.5) is 0 Å². The summed E-state index contributed by atoms with van der Waals surface area (Å²) in [5, 5.41) is 13.4. The molecule has 0 aromatic heterocycles. The van der Waals surface area contributed by atoms with Gasteiger partial charge in [0.05, 0.1) is 17.7 Å². The molecule has 0 spiro atoms. The minimum atomic E-state index is -0.389. The Morgan fingerprint density at radius 2 is 2.06 bits per heavy atom. The van der Waals surface area contributed by atoms with Crippen LogP contribution in [0.2, 0.25) is 10.0 Å². The molecule has 1 aromatic rings.